The molecule has 0 aliphatic rings. The van der Waals surface area contributed by atoms with Crippen LogP contribution in [0.2, 0.25) is 10.0 Å². The third-order valence-electron chi connectivity index (χ3n) is 2.59. The van der Waals surface area contributed by atoms with Crippen LogP contribution in [0.5, 0.6) is 0 Å². The molecule has 1 heterocycles. The Morgan fingerprint density at radius 1 is 1.22 bits per heavy atom. The summed E-state index contributed by atoms with van der Waals surface area (Å²) in [5, 5.41) is 1.31. The van der Waals surface area contributed by atoms with Crippen molar-refractivity contribution < 1.29 is 0 Å². The second-order valence-electron chi connectivity index (χ2n) is 3.95. The highest BCUT2D eigenvalue weighted by Gasteiger charge is 2.11. The van der Waals surface area contributed by atoms with Crippen molar-refractivity contribution in [3.63, 3.8) is 0 Å². The molecule has 0 aliphatic heterocycles. The van der Waals surface area contributed by atoms with E-state index in [2.05, 4.69) is 20.9 Å². The van der Waals surface area contributed by atoms with Crippen LogP contribution in [0, 0.1) is 0 Å². The monoisotopic (exact) mass is 344 g/mol. The minimum Gasteiger partial charge on any atom is -0.322 e. The molecule has 2 nitrogen and oxygen atoms in total. The predicted octanol–water partition coefficient (Wildman–Crippen LogP) is 4.39. The van der Waals surface area contributed by atoms with Crippen molar-refractivity contribution in [2.75, 3.05) is 0 Å². The van der Waals surface area contributed by atoms with Crippen LogP contribution in [0.25, 0.3) is 0 Å². The maximum atomic E-state index is 6.16. The smallest absolute Gasteiger partial charge is 0.0589 e. The van der Waals surface area contributed by atoms with Crippen LogP contribution in [-0.2, 0) is 6.42 Å². The maximum absolute atomic E-state index is 6.16. The van der Waals surface area contributed by atoms with E-state index in [0.717, 1.165) is 15.7 Å². The summed E-state index contributed by atoms with van der Waals surface area (Å²) >= 11 is 15.3. The van der Waals surface area contributed by atoms with E-state index in [1.165, 1.54) is 0 Å². The molecule has 1 aromatic carbocycles. The summed E-state index contributed by atoms with van der Waals surface area (Å²) in [6.07, 6.45) is 2.24. The fourth-order valence-corrected chi connectivity index (χ4v) is 2.50. The van der Waals surface area contributed by atoms with E-state index in [1.807, 2.05) is 24.3 Å². The SMILES string of the molecule is NC(Cc1ccc(Br)cc1Cl)c1ccc(Cl)cn1. The van der Waals surface area contributed by atoms with Gasteiger partial charge in [-0.05, 0) is 36.2 Å². The van der Waals surface area contributed by atoms with Gasteiger partial charge in [-0.3, -0.25) is 4.98 Å². The molecule has 0 bridgehead atoms. The van der Waals surface area contributed by atoms with Crippen molar-refractivity contribution in [1.82, 2.24) is 4.98 Å². The predicted molar refractivity (Wildman–Crippen MR) is 79.0 cm³/mol. The fourth-order valence-electron chi connectivity index (χ4n) is 1.64. The van der Waals surface area contributed by atoms with Crippen LogP contribution in [0.3, 0.4) is 0 Å². The van der Waals surface area contributed by atoms with Gasteiger partial charge in [0.15, 0.2) is 0 Å². The Kier molecular flexibility index (Phi) is 4.62. The van der Waals surface area contributed by atoms with Gasteiger partial charge in [-0.1, -0.05) is 45.2 Å². The molecule has 2 aromatic rings. The van der Waals surface area contributed by atoms with E-state index in [-0.39, 0.29) is 6.04 Å². The van der Waals surface area contributed by atoms with E-state index >= 15 is 0 Å². The molecule has 0 aliphatic carbocycles. The maximum Gasteiger partial charge on any atom is 0.0589 e. The summed E-state index contributed by atoms with van der Waals surface area (Å²) in [6, 6.07) is 9.19. The molecule has 1 unspecified atom stereocenters. The van der Waals surface area contributed by atoms with Crippen molar-refractivity contribution in [3.8, 4) is 0 Å². The van der Waals surface area contributed by atoms with Crippen LogP contribution in [0.15, 0.2) is 41.0 Å². The number of nitrogens with two attached hydrogens (primary N) is 1. The standard InChI is InChI=1S/C13H11BrCl2N2/c14-9-2-1-8(11(16)6-9)5-12(17)13-4-3-10(15)7-18-13/h1-4,6-7,12H,5,17H2. The highest BCUT2D eigenvalue weighted by molar-refractivity contribution is 9.10. The van der Waals surface area contributed by atoms with Gasteiger partial charge in [-0.15, -0.1) is 0 Å². The van der Waals surface area contributed by atoms with Gasteiger partial charge in [0, 0.05) is 15.7 Å². The van der Waals surface area contributed by atoms with E-state index in [1.54, 1.807) is 12.3 Å². The van der Waals surface area contributed by atoms with Gasteiger partial charge in [0.05, 0.1) is 16.8 Å². The minimum absolute atomic E-state index is 0.194. The number of halogens is 3. The van der Waals surface area contributed by atoms with Crippen LogP contribution in [-0.4, -0.2) is 4.98 Å². The number of benzene rings is 1. The number of nitrogens with zero attached hydrogens (tertiary/aromatic N) is 1. The number of pyridine rings is 1. The fraction of sp³-hybridized carbons (Fsp3) is 0.154. The van der Waals surface area contributed by atoms with Crippen LogP contribution < -0.4 is 5.73 Å². The second kappa shape index (κ2) is 6.02. The molecule has 1 aromatic heterocycles. The molecule has 5 heteroatoms. The largest absolute Gasteiger partial charge is 0.322 e. The molecule has 0 saturated carbocycles. The van der Waals surface area contributed by atoms with Gasteiger partial charge in [-0.2, -0.15) is 0 Å². The highest BCUT2D eigenvalue weighted by atomic mass is 79.9. The zero-order valence-electron chi connectivity index (χ0n) is 9.41. The first-order valence-corrected chi connectivity index (χ1v) is 6.92. The topological polar surface area (TPSA) is 38.9 Å². The van der Waals surface area contributed by atoms with E-state index in [4.69, 9.17) is 28.9 Å². The van der Waals surface area contributed by atoms with Gasteiger partial charge in [0.1, 0.15) is 0 Å². The Bertz CT molecular complexity index is 543. The lowest BCUT2D eigenvalue weighted by Crippen LogP contribution is -2.15. The quantitative estimate of drug-likeness (QED) is 0.895. The number of hydrogen-bond acceptors (Lipinski definition) is 2. The van der Waals surface area contributed by atoms with Crippen molar-refractivity contribution in [1.29, 1.82) is 0 Å². The van der Waals surface area contributed by atoms with Gasteiger partial charge in [0.25, 0.3) is 0 Å². The van der Waals surface area contributed by atoms with Crippen molar-refractivity contribution in [3.05, 3.63) is 62.3 Å². The van der Waals surface area contributed by atoms with Crippen molar-refractivity contribution in [2.24, 2.45) is 5.73 Å². The first kappa shape index (κ1) is 13.8. The average molecular weight is 346 g/mol. The third kappa shape index (κ3) is 3.45. The number of aromatic nitrogens is 1. The third-order valence-corrected chi connectivity index (χ3v) is 3.65. The summed E-state index contributed by atoms with van der Waals surface area (Å²) in [7, 11) is 0. The molecule has 0 amide bonds. The van der Waals surface area contributed by atoms with Gasteiger partial charge < -0.3 is 5.73 Å². The highest BCUT2D eigenvalue weighted by Crippen LogP contribution is 2.25. The van der Waals surface area contributed by atoms with Crippen molar-refractivity contribution >= 4 is 39.1 Å². The van der Waals surface area contributed by atoms with Crippen molar-refractivity contribution in [2.45, 2.75) is 12.5 Å². The van der Waals surface area contributed by atoms with Gasteiger partial charge >= 0.3 is 0 Å². The molecular weight excluding hydrogens is 335 g/mol. The molecule has 94 valence electrons. The van der Waals surface area contributed by atoms with Gasteiger partial charge in [-0.25, -0.2) is 0 Å². The lowest BCUT2D eigenvalue weighted by molar-refractivity contribution is 0.696. The molecule has 0 fully saturated rings. The lowest BCUT2D eigenvalue weighted by atomic mass is 10.0. The molecule has 0 saturated heterocycles. The number of hydrogen-bond donors (Lipinski definition) is 1. The number of rotatable bonds is 3. The molecule has 0 spiro atoms. The summed E-state index contributed by atoms with van der Waals surface area (Å²) in [6.45, 7) is 0. The second-order valence-corrected chi connectivity index (χ2v) is 5.71. The molecule has 18 heavy (non-hydrogen) atoms. The molecule has 1 atom stereocenters. The Hall–Kier alpha value is -0.610. The summed E-state index contributed by atoms with van der Waals surface area (Å²) in [5.74, 6) is 0. The van der Waals surface area contributed by atoms with Crippen LogP contribution in [0.4, 0.5) is 0 Å². The Labute approximate surface area is 124 Å². The Morgan fingerprint density at radius 2 is 2.00 bits per heavy atom. The Balaban J connectivity index is 2.15. The van der Waals surface area contributed by atoms with Crippen LogP contribution >= 0.6 is 39.1 Å². The molecule has 0 radical (unpaired) electrons. The van der Waals surface area contributed by atoms with E-state index in [9.17, 15) is 0 Å². The normalized spacial score (nSPS) is 12.4. The molecule has 2 rings (SSSR count). The van der Waals surface area contributed by atoms with E-state index in [0.29, 0.717) is 16.5 Å². The van der Waals surface area contributed by atoms with Crippen LogP contribution in [0.1, 0.15) is 17.3 Å². The first-order valence-electron chi connectivity index (χ1n) is 5.37. The zero-order chi connectivity index (χ0) is 13.1. The Morgan fingerprint density at radius 3 is 2.61 bits per heavy atom. The summed E-state index contributed by atoms with van der Waals surface area (Å²) in [4.78, 5) is 4.21. The minimum atomic E-state index is -0.194. The zero-order valence-corrected chi connectivity index (χ0v) is 12.5. The molecular formula is C13H11BrCl2N2. The summed E-state index contributed by atoms with van der Waals surface area (Å²) < 4.78 is 0.953. The lowest BCUT2D eigenvalue weighted by Gasteiger charge is -2.12. The summed E-state index contributed by atoms with van der Waals surface area (Å²) in [5.41, 5.74) is 7.92. The average Bonchev–Trinajstić information content (AvgIpc) is 2.33. The van der Waals surface area contributed by atoms with E-state index < -0.39 is 0 Å². The van der Waals surface area contributed by atoms with Gasteiger partial charge in [0.2, 0.25) is 0 Å². The molecule has 2 N–H and O–H groups in total. The first-order chi connectivity index (χ1) is 8.56.